The fraction of sp³-hybridized carbons (Fsp3) is 0.0769. The van der Waals surface area contributed by atoms with Crippen molar-refractivity contribution < 1.29 is 12.8 Å². The monoisotopic (exact) mass is 323 g/mol. The summed E-state index contributed by atoms with van der Waals surface area (Å²) in [7, 11) is -3.81. The Kier molecular flexibility index (Phi) is 3.30. The fourth-order valence-electron chi connectivity index (χ4n) is 1.88. The lowest BCUT2D eigenvalue weighted by atomic mass is 10.3. The van der Waals surface area contributed by atoms with Gasteiger partial charge in [-0.3, -0.25) is 9.71 Å². The van der Waals surface area contributed by atoms with Crippen LogP contribution in [0.15, 0.2) is 46.0 Å². The van der Waals surface area contributed by atoms with Gasteiger partial charge in [-0.1, -0.05) is 11.6 Å². The number of anilines is 1. The van der Waals surface area contributed by atoms with Gasteiger partial charge in [0.25, 0.3) is 10.0 Å². The molecule has 3 aromatic rings. The Morgan fingerprint density at radius 3 is 2.86 bits per heavy atom. The smallest absolute Gasteiger partial charge is 0.264 e. The van der Waals surface area contributed by atoms with Crippen LogP contribution in [0, 0.1) is 6.92 Å². The lowest BCUT2D eigenvalue weighted by molar-refractivity contribution is 0.561. The molecule has 0 aliphatic heterocycles. The van der Waals surface area contributed by atoms with Crippen LogP contribution in [0.3, 0.4) is 0 Å². The normalized spacial score (nSPS) is 11.7. The average Bonchev–Trinajstić information content (AvgIpc) is 2.78. The first-order valence-corrected chi connectivity index (χ1v) is 7.81. The number of rotatable bonds is 3. The van der Waals surface area contributed by atoms with Gasteiger partial charge in [-0.2, -0.15) is 0 Å². The molecule has 3 rings (SSSR count). The van der Waals surface area contributed by atoms with Gasteiger partial charge in [0.05, 0.1) is 10.7 Å². The van der Waals surface area contributed by atoms with E-state index in [2.05, 4.69) is 14.7 Å². The van der Waals surface area contributed by atoms with Crippen LogP contribution in [0.5, 0.6) is 0 Å². The van der Waals surface area contributed by atoms with E-state index < -0.39 is 10.0 Å². The maximum absolute atomic E-state index is 12.3. The van der Waals surface area contributed by atoms with Crippen molar-refractivity contribution in [2.45, 2.75) is 11.8 Å². The Bertz CT molecular complexity index is 921. The summed E-state index contributed by atoms with van der Waals surface area (Å²) in [6.07, 6.45) is 2.62. The van der Waals surface area contributed by atoms with Crippen LogP contribution in [0.1, 0.15) is 5.89 Å². The number of sulfonamides is 1. The van der Waals surface area contributed by atoms with E-state index in [1.54, 1.807) is 25.1 Å². The van der Waals surface area contributed by atoms with Gasteiger partial charge in [0.15, 0.2) is 11.5 Å². The van der Waals surface area contributed by atoms with Crippen molar-refractivity contribution in [3.63, 3.8) is 0 Å². The van der Waals surface area contributed by atoms with E-state index in [0.29, 0.717) is 22.7 Å². The van der Waals surface area contributed by atoms with Gasteiger partial charge in [-0.15, -0.1) is 0 Å². The van der Waals surface area contributed by atoms with Crippen molar-refractivity contribution >= 4 is 38.4 Å². The molecule has 108 valence electrons. The van der Waals surface area contributed by atoms with Crippen molar-refractivity contribution in [2.24, 2.45) is 0 Å². The number of nitrogens with one attached hydrogen (secondary N) is 1. The zero-order chi connectivity index (χ0) is 15.0. The highest BCUT2D eigenvalue weighted by Gasteiger charge is 2.18. The second kappa shape index (κ2) is 5.01. The highest BCUT2D eigenvalue weighted by atomic mass is 35.5. The molecule has 0 aliphatic carbocycles. The Morgan fingerprint density at radius 1 is 1.29 bits per heavy atom. The molecular formula is C13H10ClN3O3S. The van der Waals surface area contributed by atoms with Crippen LogP contribution in [0.4, 0.5) is 5.69 Å². The van der Waals surface area contributed by atoms with Gasteiger partial charge in [0, 0.05) is 19.3 Å². The highest BCUT2D eigenvalue weighted by Crippen LogP contribution is 2.24. The molecule has 0 aliphatic rings. The molecule has 0 saturated heterocycles. The van der Waals surface area contributed by atoms with E-state index in [0.717, 1.165) is 0 Å². The van der Waals surface area contributed by atoms with Crippen LogP contribution < -0.4 is 4.72 Å². The Morgan fingerprint density at radius 2 is 2.10 bits per heavy atom. The van der Waals surface area contributed by atoms with Crippen LogP contribution in [0.25, 0.3) is 11.1 Å². The number of halogens is 1. The summed E-state index contributed by atoms with van der Waals surface area (Å²) < 4.78 is 32.3. The largest absolute Gasteiger partial charge is 0.441 e. The molecule has 2 heterocycles. The summed E-state index contributed by atoms with van der Waals surface area (Å²) in [6, 6.07) is 6.25. The number of hydrogen-bond donors (Lipinski definition) is 1. The molecule has 0 saturated carbocycles. The first-order valence-electron chi connectivity index (χ1n) is 5.95. The van der Waals surface area contributed by atoms with E-state index in [-0.39, 0.29) is 9.92 Å². The number of fused-ring (bicyclic) bond motifs is 1. The summed E-state index contributed by atoms with van der Waals surface area (Å²) >= 11 is 5.89. The maximum atomic E-state index is 12.3. The van der Waals surface area contributed by atoms with E-state index in [9.17, 15) is 8.42 Å². The number of oxazole rings is 1. The zero-order valence-electron chi connectivity index (χ0n) is 10.9. The van der Waals surface area contributed by atoms with Crippen molar-refractivity contribution in [3.8, 4) is 0 Å². The highest BCUT2D eigenvalue weighted by molar-refractivity contribution is 7.92. The molecule has 0 amide bonds. The molecule has 0 spiro atoms. The second-order valence-electron chi connectivity index (χ2n) is 4.33. The zero-order valence-corrected chi connectivity index (χ0v) is 12.4. The molecule has 1 N–H and O–H groups in total. The number of nitrogens with zero attached hydrogens (tertiary/aromatic N) is 2. The van der Waals surface area contributed by atoms with Crippen LogP contribution in [-0.2, 0) is 10.0 Å². The minimum atomic E-state index is -3.81. The van der Waals surface area contributed by atoms with Gasteiger partial charge < -0.3 is 4.42 Å². The van der Waals surface area contributed by atoms with Gasteiger partial charge in [-0.05, 0) is 24.3 Å². The summed E-state index contributed by atoms with van der Waals surface area (Å²) in [5.74, 6) is 0.514. The molecule has 2 aromatic heterocycles. The minimum absolute atomic E-state index is 0.0805. The molecule has 0 atom stereocenters. The second-order valence-corrected chi connectivity index (χ2v) is 6.39. The van der Waals surface area contributed by atoms with E-state index >= 15 is 0 Å². The first-order chi connectivity index (χ1) is 9.95. The van der Waals surface area contributed by atoms with Crippen LogP contribution in [-0.4, -0.2) is 18.4 Å². The Balaban J connectivity index is 1.99. The summed E-state index contributed by atoms with van der Waals surface area (Å²) in [6.45, 7) is 1.72. The number of benzene rings is 1. The predicted octanol–water partition coefficient (Wildman–Crippen LogP) is 2.99. The predicted molar refractivity (Wildman–Crippen MR) is 78.8 cm³/mol. The lowest BCUT2D eigenvalue weighted by Crippen LogP contribution is -2.13. The number of hydrogen-bond acceptors (Lipinski definition) is 5. The standard InChI is InChI=1S/C13H10ClN3O3S/c1-8-16-11-6-9(2-3-12(11)20-8)17-21(18,19)13-7-15-5-4-10(13)14/h2-7,17H,1H3. The summed E-state index contributed by atoms with van der Waals surface area (Å²) in [4.78, 5) is 7.85. The van der Waals surface area contributed by atoms with Crippen molar-refractivity contribution in [1.82, 2.24) is 9.97 Å². The van der Waals surface area contributed by atoms with Gasteiger partial charge in [-0.25, -0.2) is 13.4 Å². The first kappa shape index (κ1) is 13.8. The Labute approximate surface area is 125 Å². The minimum Gasteiger partial charge on any atom is -0.441 e. The number of aromatic nitrogens is 2. The third kappa shape index (κ3) is 2.70. The molecule has 1 aromatic carbocycles. The van der Waals surface area contributed by atoms with E-state index in [1.165, 1.54) is 18.5 Å². The molecule has 21 heavy (non-hydrogen) atoms. The third-order valence-corrected chi connectivity index (χ3v) is 4.62. The van der Waals surface area contributed by atoms with Crippen LogP contribution >= 0.6 is 11.6 Å². The van der Waals surface area contributed by atoms with Crippen molar-refractivity contribution in [3.05, 3.63) is 47.6 Å². The van der Waals surface area contributed by atoms with Gasteiger partial charge >= 0.3 is 0 Å². The molecule has 0 unspecified atom stereocenters. The van der Waals surface area contributed by atoms with Crippen LogP contribution in [0.2, 0.25) is 5.02 Å². The quantitative estimate of drug-likeness (QED) is 0.801. The van der Waals surface area contributed by atoms with E-state index in [4.69, 9.17) is 16.0 Å². The SMILES string of the molecule is Cc1nc2cc(NS(=O)(=O)c3cnccc3Cl)ccc2o1. The summed E-state index contributed by atoms with van der Waals surface area (Å²) in [5.41, 5.74) is 1.54. The van der Waals surface area contributed by atoms with Gasteiger partial charge in [0.2, 0.25) is 0 Å². The van der Waals surface area contributed by atoms with Crippen molar-refractivity contribution in [2.75, 3.05) is 4.72 Å². The Hall–Kier alpha value is -2.12. The van der Waals surface area contributed by atoms with Crippen molar-refractivity contribution in [1.29, 1.82) is 0 Å². The van der Waals surface area contributed by atoms with Gasteiger partial charge in [0.1, 0.15) is 10.4 Å². The molecule has 8 heteroatoms. The molecule has 0 bridgehead atoms. The molecule has 0 radical (unpaired) electrons. The molecule has 0 fully saturated rings. The third-order valence-electron chi connectivity index (χ3n) is 2.77. The average molecular weight is 324 g/mol. The lowest BCUT2D eigenvalue weighted by Gasteiger charge is -2.08. The van der Waals surface area contributed by atoms with E-state index in [1.807, 2.05) is 0 Å². The topological polar surface area (TPSA) is 85.1 Å². The summed E-state index contributed by atoms with van der Waals surface area (Å²) in [5, 5.41) is 0.107. The molecule has 6 nitrogen and oxygen atoms in total. The fourth-order valence-corrected chi connectivity index (χ4v) is 3.36. The maximum Gasteiger partial charge on any atom is 0.264 e. The molecular weight excluding hydrogens is 314 g/mol. The number of aryl methyl sites for hydroxylation is 1. The number of pyridine rings is 1.